The standard InChI is InChI=1S/C28H21NO4/c1-2-31-28(30)24-17-21(32-25-15-7-11-19-9-3-5-13-22(19)25)18-27(29-24)33-26-16-8-12-20-10-4-6-14-23(20)26/h3-18H,2H2,1H3. The lowest BCUT2D eigenvalue weighted by atomic mass is 10.1. The van der Waals surface area contributed by atoms with Crippen LogP contribution < -0.4 is 9.47 Å². The fraction of sp³-hybridized carbons (Fsp3) is 0.0714. The molecular formula is C28H21NO4. The van der Waals surface area contributed by atoms with Gasteiger partial charge in [0, 0.05) is 22.9 Å². The molecule has 0 saturated carbocycles. The smallest absolute Gasteiger partial charge is 0.357 e. The fourth-order valence-electron chi connectivity index (χ4n) is 3.71. The summed E-state index contributed by atoms with van der Waals surface area (Å²) in [4.78, 5) is 16.9. The van der Waals surface area contributed by atoms with Crippen molar-refractivity contribution in [3.8, 4) is 23.1 Å². The van der Waals surface area contributed by atoms with Crippen molar-refractivity contribution in [2.24, 2.45) is 0 Å². The van der Waals surface area contributed by atoms with Gasteiger partial charge < -0.3 is 14.2 Å². The fourth-order valence-corrected chi connectivity index (χ4v) is 3.71. The first kappa shape index (κ1) is 20.5. The van der Waals surface area contributed by atoms with Gasteiger partial charge in [-0.1, -0.05) is 72.8 Å². The quantitative estimate of drug-likeness (QED) is 0.265. The van der Waals surface area contributed by atoms with Crippen LogP contribution in [-0.4, -0.2) is 17.6 Å². The van der Waals surface area contributed by atoms with Gasteiger partial charge in [-0.2, -0.15) is 0 Å². The number of pyridine rings is 1. The summed E-state index contributed by atoms with van der Waals surface area (Å²) in [5.41, 5.74) is 0.116. The van der Waals surface area contributed by atoms with E-state index >= 15 is 0 Å². The molecule has 0 saturated heterocycles. The van der Waals surface area contributed by atoms with Crippen LogP contribution in [0.4, 0.5) is 0 Å². The van der Waals surface area contributed by atoms with Crippen molar-refractivity contribution in [2.45, 2.75) is 6.92 Å². The van der Waals surface area contributed by atoms with Gasteiger partial charge in [0.2, 0.25) is 5.88 Å². The van der Waals surface area contributed by atoms with Crippen molar-refractivity contribution in [1.82, 2.24) is 4.98 Å². The minimum atomic E-state index is -0.538. The average molecular weight is 435 g/mol. The molecule has 0 aliphatic rings. The summed E-state index contributed by atoms with van der Waals surface area (Å²) < 4.78 is 17.5. The average Bonchev–Trinajstić information content (AvgIpc) is 2.85. The monoisotopic (exact) mass is 435 g/mol. The molecule has 0 aliphatic heterocycles. The Kier molecular flexibility index (Phi) is 5.60. The number of nitrogens with zero attached hydrogens (tertiary/aromatic N) is 1. The van der Waals surface area contributed by atoms with E-state index in [0.29, 0.717) is 17.2 Å². The third-order valence-electron chi connectivity index (χ3n) is 5.20. The highest BCUT2D eigenvalue weighted by Gasteiger charge is 2.15. The largest absolute Gasteiger partial charge is 0.461 e. The number of hydrogen-bond donors (Lipinski definition) is 0. The number of benzene rings is 4. The zero-order valence-corrected chi connectivity index (χ0v) is 18.0. The molecule has 0 aliphatic carbocycles. The molecule has 5 heteroatoms. The molecule has 0 atom stereocenters. The Morgan fingerprint density at radius 1 is 0.727 bits per heavy atom. The second-order valence-electron chi connectivity index (χ2n) is 7.41. The minimum absolute atomic E-state index is 0.116. The molecule has 0 spiro atoms. The van der Waals surface area contributed by atoms with Gasteiger partial charge in [0.05, 0.1) is 6.61 Å². The van der Waals surface area contributed by atoms with Gasteiger partial charge in [-0.05, 0) is 29.8 Å². The second kappa shape index (κ2) is 9.01. The molecule has 0 fully saturated rings. The van der Waals surface area contributed by atoms with Gasteiger partial charge in [0.1, 0.15) is 17.2 Å². The Hall–Kier alpha value is -4.38. The van der Waals surface area contributed by atoms with Gasteiger partial charge in [-0.3, -0.25) is 0 Å². The van der Waals surface area contributed by atoms with Crippen molar-refractivity contribution in [3.05, 3.63) is 103 Å². The van der Waals surface area contributed by atoms with Crippen LogP contribution in [0.5, 0.6) is 23.1 Å². The summed E-state index contributed by atoms with van der Waals surface area (Å²) >= 11 is 0. The molecule has 162 valence electrons. The Morgan fingerprint density at radius 3 is 1.94 bits per heavy atom. The van der Waals surface area contributed by atoms with Crippen molar-refractivity contribution in [1.29, 1.82) is 0 Å². The van der Waals surface area contributed by atoms with Gasteiger partial charge in [0.25, 0.3) is 0 Å². The Balaban J connectivity index is 1.56. The van der Waals surface area contributed by atoms with E-state index in [1.54, 1.807) is 19.1 Å². The molecule has 4 aromatic carbocycles. The third-order valence-corrected chi connectivity index (χ3v) is 5.20. The Labute approximate surface area is 191 Å². The molecule has 5 nitrogen and oxygen atoms in total. The zero-order valence-electron chi connectivity index (χ0n) is 18.0. The van der Waals surface area contributed by atoms with Crippen LogP contribution in [0.1, 0.15) is 17.4 Å². The summed E-state index contributed by atoms with van der Waals surface area (Å²) in [7, 11) is 0. The lowest BCUT2D eigenvalue weighted by Crippen LogP contribution is -2.08. The van der Waals surface area contributed by atoms with Gasteiger partial charge in [-0.15, -0.1) is 0 Å². The van der Waals surface area contributed by atoms with Crippen LogP contribution in [0.3, 0.4) is 0 Å². The van der Waals surface area contributed by atoms with Crippen molar-refractivity contribution >= 4 is 27.5 Å². The normalized spacial score (nSPS) is 10.8. The number of carbonyl (C=O) groups is 1. The lowest BCUT2D eigenvalue weighted by molar-refractivity contribution is 0.0518. The number of esters is 1. The number of rotatable bonds is 6. The summed E-state index contributed by atoms with van der Waals surface area (Å²) in [6, 6.07) is 30.7. The maximum atomic E-state index is 12.5. The Morgan fingerprint density at radius 2 is 1.30 bits per heavy atom. The lowest BCUT2D eigenvalue weighted by Gasteiger charge is -2.13. The number of hydrogen-bond acceptors (Lipinski definition) is 5. The van der Waals surface area contributed by atoms with Crippen molar-refractivity contribution < 1.29 is 19.0 Å². The molecule has 0 radical (unpaired) electrons. The summed E-state index contributed by atoms with van der Waals surface area (Å²) in [6.45, 7) is 2.00. The number of ether oxygens (including phenoxy) is 3. The first-order valence-electron chi connectivity index (χ1n) is 10.7. The van der Waals surface area contributed by atoms with E-state index < -0.39 is 5.97 Å². The van der Waals surface area contributed by atoms with Crippen molar-refractivity contribution in [2.75, 3.05) is 6.61 Å². The predicted octanol–water partition coefficient (Wildman–Crippen LogP) is 7.15. The highest BCUT2D eigenvalue weighted by Crippen LogP contribution is 2.34. The summed E-state index contributed by atoms with van der Waals surface area (Å²) in [6.07, 6.45) is 0. The SMILES string of the molecule is CCOC(=O)c1cc(Oc2cccc3ccccc23)cc(Oc2cccc3ccccc23)n1. The van der Waals surface area contributed by atoms with E-state index in [9.17, 15) is 4.79 Å². The molecule has 33 heavy (non-hydrogen) atoms. The van der Waals surface area contributed by atoms with E-state index in [4.69, 9.17) is 14.2 Å². The van der Waals surface area contributed by atoms with Crippen LogP contribution >= 0.6 is 0 Å². The van der Waals surface area contributed by atoms with E-state index in [0.717, 1.165) is 21.5 Å². The molecule has 0 unspecified atom stereocenters. The number of fused-ring (bicyclic) bond motifs is 2. The first-order valence-corrected chi connectivity index (χ1v) is 10.7. The Bertz CT molecular complexity index is 1350. The van der Waals surface area contributed by atoms with E-state index in [1.807, 2.05) is 84.9 Å². The highest BCUT2D eigenvalue weighted by atomic mass is 16.5. The first-order chi connectivity index (χ1) is 16.2. The summed E-state index contributed by atoms with van der Waals surface area (Å²) in [5, 5.41) is 4.01. The maximum Gasteiger partial charge on any atom is 0.357 e. The number of carbonyl (C=O) groups excluding carboxylic acids is 1. The molecule has 1 aromatic heterocycles. The van der Waals surface area contributed by atoms with E-state index in [2.05, 4.69) is 4.98 Å². The van der Waals surface area contributed by atoms with Crippen LogP contribution in [0, 0.1) is 0 Å². The van der Waals surface area contributed by atoms with E-state index in [-0.39, 0.29) is 18.2 Å². The molecule has 5 rings (SSSR count). The topological polar surface area (TPSA) is 57.7 Å². The predicted molar refractivity (Wildman–Crippen MR) is 128 cm³/mol. The van der Waals surface area contributed by atoms with Crippen LogP contribution in [0.2, 0.25) is 0 Å². The third kappa shape index (κ3) is 4.34. The zero-order chi connectivity index (χ0) is 22.6. The molecule has 0 amide bonds. The van der Waals surface area contributed by atoms with Crippen LogP contribution in [0.25, 0.3) is 21.5 Å². The van der Waals surface area contributed by atoms with Gasteiger partial charge >= 0.3 is 5.97 Å². The van der Waals surface area contributed by atoms with Crippen LogP contribution in [0.15, 0.2) is 97.1 Å². The molecular weight excluding hydrogens is 414 g/mol. The minimum Gasteiger partial charge on any atom is -0.461 e. The van der Waals surface area contributed by atoms with Gasteiger partial charge in [0.15, 0.2) is 5.69 Å². The van der Waals surface area contributed by atoms with Crippen LogP contribution in [-0.2, 0) is 4.74 Å². The molecule has 5 aromatic rings. The van der Waals surface area contributed by atoms with E-state index in [1.165, 1.54) is 0 Å². The molecule has 1 heterocycles. The van der Waals surface area contributed by atoms with Crippen molar-refractivity contribution in [3.63, 3.8) is 0 Å². The molecule has 0 bridgehead atoms. The van der Waals surface area contributed by atoms with Gasteiger partial charge in [-0.25, -0.2) is 9.78 Å². The second-order valence-corrected chi connectivity index (χ2v) is 7.41. The maximum absolute atomic E-state index is 12.5. The number of aromatic nitrogens is 1. The highest BCUT2D eigenvalue weighted by molar-refractivity contribution is 5.90. The molecule has 0 N–H and O–H groups in total. The summed E-state index contributed by atoms with van der Waals surface area (Å²) in [5.74, 6) is 1.44.